The number of carbonyl (C=O) groups is 2. The Kier molecular flexibility index (Phi) is 5.29. The molecule has 1 heterocycles. The van der Waals surface area contributed by atoms with Crippen LogP contribution in [0.1, 0.15) is 12.0 Å². The summed E-state index contributed by atoms with van der Waals surface area (Å²) in [7, 11) is 0. The van der Waals surface area contributed by atoms with E-state index in [0.717, 1.165) is 22.7 Å². The van der Waals surface area contributed by atoms with Gasteiger partial charge in [-0.1, -0.05) is 30.3 Å². The molecule has 0 bridgehead atoms. The molecule has 1 saturated heterocycles. The summed E-state index contributed by atoms with van der Waals surface area (Å²) in [5, 5.41) is 2.92. The van der Waals surface area contributed by atoms with Crippen molar-refractivity contribution >= 4 is 23.2 Å². The number of hydrogen-bond donors (Lipinski definition) is 1. The number of carbonyl (C=O) groups excluding carboxylic acids is 2. The molecule has 0 aromatic heterocycles. The van der Waals surface area contributed by atoms with E-state index in [-0.39, 0.29) is 24.2 Å². The van der Waals surface area contributed by atoms with Crippen LogP contribution in [-0.4, -0.2) is 18.4 Å². The Hall–Kier alpha value is -3.60. The quantitative estimate of drug-likeness (QED) is 0.687. The number of ether oxygens (including phenoxy) is 1. The van der Waals surface area contributed by atoms with Crippen molar-refractivity contribution in [2.24, 2.45) is 5.92 Å². The molecule has 3 aromatic rings. The maximum Gasteiger partial charge on any atom is 0.229 e. The molecular formula is C24H22N2O3. The lowest BCUT2D eigenvalue weighted by atomic mass is 10.1. The Balaban J connectivity index is 1.40. The summed E-state index contributed by atoms with van der Waals surface area (Å²) in [6.45, 7) is 2.34. The summed E-state index contributed by atoms with van der Waals surface area (Å²) >= 11 is 0. The highest BCUT2D eigenvalue weighted by Crippen LogP contribution is 2.29. The molecule has 1 N–H and O–H groups in total. The molecule has 1 unspecified atom stereocenters. The molecule has 5 heteroatoms. The highest BCUT2D eigenvalue weighted by atomic mass is 16.5. The Labute approximate surface area is 169 Å². The van der Waals surface area contributed by atoms with Crippen LogP contribution >= 0.6 is 0 Å². The number of para-hydroxylation sites is 1. The number of aryl methyl sites for hydroxylation is 1. The Morgan fingerprint density at radius 3 is 2.41 bits per heavy atom. The van der Waals surface area contributed by atoms with E-state index in [1.54, 1.807) is 4.90 Å². The summed E-state index contributed by atoms with van der Waals surface area (Å²) in [6, 6.07) is 24.5. The van der Waals surface area contributed by atoms with Crippen LogP contribution in [0.3, 0.4) is 0 Å². The van der Waals surface area contributed by atoms with Crippen LogP contribution < -0.4 is 15.0 Å². The third-order valence-corrected chi connectivity index (χ3v) is 4.91. The minimum Gasteiger partial charge on any atom is -0.457 e. The molecular weight excluding hydrogens is 364 g/mol. The molecule has 29 heavy (non-hydrogen) atoms. The SMILES string of the molecule is Cc1cccc(NC(=O)C2CC(=O)N(c3ccc(Oc4ccccc4)cc3)C2)c1. The molecule has 1 aliphatic rings. The molecule has 3 aromatic carbocycles. The topological polar surface area (TPSA) is 58.6 Å². The van der Waals surface area contributed by atoms with E-state index < -0.39 is 0 Å². The molecule has 1 aliphatic heterocycles. The summed E-state index contributed by atoms with van der Waals surface area (Å²) in [5.74, 6) is 0.899. The van der Waals surface area contributed by atoms with Gasteiger partial charge in [-0.25, -0.2) is 0 Å². The van der Waals surface area contributed by atoms with E-state index in [9.17, 15) is 9.59 Å². The van der Waals surface area contributed by atoms with Crippen LogP contribution in [0.4, 0.5) is 11.4 Å². The molecule has 1 atom stereocenters. The molecule has 0 radical (unpaired) electrons. The first-order valence-electron chi connectivity index (χ1n) is 9.59. The van der Waals surface area contributed by atoms with Crippen molar-refractivity contribution in [2.75, 3.05) is 16.8 Å². The van der Waals surface area contributed by atoms with Gasteiger partial charge in [-0.05, 0) is 61.0 Å². The number of anilines is 2. The summed E-state index contributed by atoms with van der Waals surface area (Å²) in [5.41, 5.74) is 2.59. The second-order valence-corrected chi connectivity index (χ2v) is 7.17. The van der Waals surface area contributed by atoms with Gasteiger partial charge in [0.15, 0.2) is 0 Å². The zero-order chi connectivity index (χ0) is 20.2. The van der Waals surface area contributed by atoms with Crippen LogP contribution in [0.5, 0.6) is 11.5 Å². The van der Waals surface area contributed by atoms with Crippen molar-refractivity contribution in [2.45, 2.75) is 13.3 Å². The van der Waals surface area contributed by atoms with Crippen molar-refractivity contribution in [1.29, 1.82) is 0 Å². The minimum atomic E-state index is -0.372. The van der Waals surface area contributed by atoms with Gasteiger partial charge in [-0.15, -0.1) is 0 Å². The number of nitrogens with one attached hydrogen (secondary N) is 1. The standard InChI is InChI=1S/C24H22N2O3/c1-17-6-5-7-19(14-17)25-24(28)18-15-23(27)26(16-18)20-10-12-22(13-11-20)29-21-8-3-2-4-9-21/h2-14,18H,15-16H2,1H3,(H,25,28). The lowest BCUT2D eigenvalue weighted by molar-refractivity contribution is -0.122. The number of nitrogens with zero attached hydrogens (tertiary/aromatic N) is 1. The summed E-state index contributed by atoms with van der Waals surface area (Å²) in [6.07, 6.45) is 0.208. The highest BCUT2D eigenvalue weighted by Gasteiger charge is 2.35. The lowest BCUT2D eigenvalue weighted by Gasteiger charge is -2.17. The molecule has 1 fully saturated rings. The molecule has 0 aliphatic carbocycles. The van der Waals surface area contributed by atoms with Gasteiger partial charge in [-0.2, -0.15) is 0 Å². The fraction of sp³-hybridized carbons (Fsp3) is 0.167. The molecule has 2 amide bonds. The third kappa shape index (κ3) is 4.46. The zero-order valence-corrected chi connectivity index (χ0v) is 16.2. The van der Waals surface area contributed by atoms with Gasteiger partial charge in [0, 0.05) is 24.3 Å². The average molecular weight is 386 g/mol. The normalized spacial score (nSPS) is 16.0. The van der Waals surface area contributed by atoms with E-state index in [1.165, 1.54) is 0 Å². The first kappa shape index (κ1) is 18.7. The first-order valence-corrected chi connectivity index (χ1v) is 9.59. The number of rotatable bonds is 5. The van der Waals surface area contributed by atoms with E-state index in [1.807, 2.05) is 85.8 Å². The van der Waals surface area contributed by atoms with E-state index >= 15 is 0 Å². The van der Waals surface area contributed by atoms with Gasteiger partial charge in [0.1, 0.15) is 11.5 Å². The molecule has 0 spiro atoms. The van der Waals surface area contributed by atoms with Gasteiger partial charge in [0.05, 0.1) is 5.92 Å². The summed E-state index contributed by atoms with van der Waals surface area (Å²) < 4.78 is 5.79. The lowest BCUT2D eigenvalue weighted by Crippen LogP contribution is -2.28. The number of hydrogen-bond acceptors (Lipinski definition) is 3. The Bertz CT molecular complexity index is 1020. The van der Waals surface area contributed by atoms with Crippen LogP contribution in [-0.2, 0) is 9.59 Å². The van der Waals surface area contributed by atoms with Crippen LogP contribution in [0, 0.1) is 12.8 Å². The maximum atomic E-state index is 12.6. The van der Waals surface area contributed by atoms with Crippen molar-refractivity contribution in [3.05, 3.63) is 84.4 Å². The second-order valence-electron chi connectivity index (χ2n) is 7.17. The van der Waals surface area contributed by atoms with Gasteiger partial charge in [0.25, 0.3) is 0 Å². The van der Waals surface area contributed by atoms with Gasteiger partial charge >= 0.3 is 0 Å². The van der Waals surface area contributed by atoms with Gasteiger partial charge < -0.3 is 15.0 Å². The molecule has 146 valence electrons. The predicted octanol–water partition coefficient (Wildman–Crippen LogP) is 4.78. The molecule has 5 nitrogen and oxygen atoms in total. The van der Waals surface area contributed by atoms with E-state index in [2.05, 4.69) is 5.32 Å². The van der Waals surface area contributed by atoms with Gasteiger partial charge in [-0.3, -0.25) is 9.59 Å². The number of amides is 2. The number of benzene rings is 3. The molecule has 4 rings (SSSR count). The highest BCUT2D eigenvalue weighted by molar-refractivity contribution is 6.03. The van der Waals surface area contributed by atoms with Crippen LogP contribution in [0.2, 0.25) is 0 Å². The summed E-state index contributed by atoms with van der Waals surface area (Å²) in [4.78, 5) is 26.7. The fourth-order valence-electron chi connectivity index (χ4n) is 3.42. The zero-order valence-electron chi connectivity index (χ0n) is 16.2. The van der Waals surface area contributed by atoms with Crippen LogP contribution in [0.25, 0.3) is 0 Å². The predicted molar refractivity (Wildman–Crippen MR) is 113 cm³/mol. The van der Waals surface area contributed by atoms with E-state index in [4.69, 9.17) is 4.74 Å². The van der Waals surface area contributed by atoms with Crippen molar-refractivity contribution in [1.82, 2.24) is 0 Å². The first-order chi connectivity index (χ1) is 14.1. The minimum absolute atomic E-state index is 0.0499. The smallest absolute Gasteiger partial charge is 0.229 e. The Morgan fingerprint density at radius 1 is 0.966 bits per heavy atom. The largest absolute Gasteiger partial charge is 0.457 e. The van der Waals surface area contributed by atoms with Gasteiger partial charge in [0.2, 0.25) is 11.8 Å². The van der Waals surface area contributed by atoms with Crippen molar-refractivity contribution in [3.8, 4) is 11.5 Å². The molecule has 0 saturated carbocycles. The van der Waals surface area contributed by atoms with Crippen molar-refractivity contribution < 1.29 is 14.3 Å². The average Bonchev–Trinajstić information content (AvgIpc) is 3.11. The second kappa shape index (κ2) is 8.19. The Morgan fingerprint density at radius 2 is 1.69 bits per heavy atom. The maximum absolute atomic E-state index is 12.6. The van der Waals surface area contributed by atoms with Crippen molar-refractivity contribution in [3.63, 3.8) is 0 Å². The van der Waals surface area contributed by atoms with Crippen LogP contribution in [0.15, 0.2) is 78.9 Å². The van der Waals surface area contributed by atoms with E-state index in [0.29, 0.717) is 12.3 Å². The fourth-order valence-corrected chi connectivity index (χ4v) is 3.42. The third-order valence-electron chi connectivity index (χ3n) is 4.91. The monoisotopic (exact) mass is 386 g/mol.